The number of hydrogen-bond donors (Lipinski definition) is 1. The number of quaternary nitrogens is 1. The van der Waals surface area contributed by atoms with Crippen molar-refractivity contribution in [3.8, 4) is 5.75 Å². The number of ether oxygens (including phenoxy) is 3. The lowest BCUT2D eigenvalue weighted by Gasteiger charge is -2.45. The summed E-state index contributed by atoms with van der Waals surface area (Å²) in [4.78, 5) is 13.0. The van der Waals surface area contributed by atoms with E-state index in [0.717, 1.165) is 57.6 Å². The number of rotatable bonds is 7. The zero-order valence-corrected chi connectivity index (χ0v) is 23.0. The fourth-order valence-corrected chi connectivity index (χ4v) is 8.08. The lowest BCUT2D eigenvalue weighted by molar-refractivity contribution is -0.660. The zero-order chi connectivity index (χ0) is 25.6. The molecule has 5 nitrogen and oxygen atoms in total. The smallest absolute Gasteiger partial charge is 0.315 e. The third kappa shape index (κ3) is 4.86. The lowest BCUT2D eigenvalue weighted by Crippen LogP contribution is -2.86. The Morgan fingerprint density at radius 3 is 2.64 bits per heavy atom. The van der Waals surface area contributed by atoms with Crippen molar-refractivity contribution in [1.82, 2.24) is 0 Å². The van der Waals surface area contributed by atoms with Gasteiger partial charge in [0.25, 0.3) is 0 Å². The minimum absolute atomic E-state index is 0.0184. The lowest BCUT2D eigenvalue weighted by atomic mass is 9.59. The predicted molar refractivity (Wildman–Crippen MR) is 141 cm³/mol. The minimum atomic E-state index is -0.138. The van der Waals surface area contributed by atoms with Crippen molar-refractivity contribution in [2.75, 3.05) is 26.8 Å². The van der Waals surface area contributed by atoms with Crippen LogP contribution >= 0.6 is 0 Å². The van der Waals surface area contributed by atoms with Gasteiger partial charge in [0.05, 0.1) is 25.8 Å². The average molecular weight is 497 g/mol. The molecule has 0 spiro atoms. The summed E-state index contributed by atoms with van der Waals surface area (Å²) in [6.07, 6.45) is 9.02. The van der Waals surface area contributed by atoms with E-state index in [1.165, 1.54) is 24.8 Å². The maximum Gasteiger partial charge on any atom is 0.315 e. The molecule has 1 aromatic carbocycles. The van der Waals surface area contributed by atoms with Gasteiger partial charge >= 0.3 is 5.97 Å². The Morgan fingerprint density at radius 1 is 1.14 bits per heavy atom. The first-order valence-electron chi connectivity index (χ1n) is 14.1. The molecule has 2 N–H and O–H groups in total. The molecule has 2 saturated heterocycles. The molecule has 0 aromatic heterocycles. The molecule has 198 valence electrons. The van der Waals surface area contributed by atoms with Crippen molar-refractivity contribution in [2.45, 2.75) is 96.2 Å². The summed E-state index contributed by atoms with van der Waals surface area (Å²) in [5, 5.41) is 2.39. The highest BCUT2D eigenvalue weighted by atomic mass is 16.6. The largest absolute Gasteiger partial charge is 0.497 e. The molecule has 1 aromatic rings. The normalized spacial score (nSPS) is 35.7. The van der Waals surface area contributed by atoms with Crippen LogP contribution in [0.3, 0.4) is 0 Å². The summed E-state index contributed by atoms with van der Waals surface area (Å²) < 4.78 is 17.5. The van der Waals surface area contributed by atoms with Gasteiger partial charge in [0.2, 0.25) is 0 Å². The van der Waals surface area contributed by atoms with E-state index in [2.05, 4.69) is 57.3 Å². The molecule has 2 heterocycles. The number of nitrogens with two attached hydrogens (primary N) is 1. The van der Waals surface area contributed by atoms with Crippen LogP contribution in [-0.4, -0.2) is 44.5 Å². The maximum atomic E-state index is 13.0. The van der Waals surface area contributed by atoms with Crippen LogP contribution in [0.4, 0.5) is 0 Å². The number of fused-ring (bicyclic) bond motifs is 2. The first kappa shape index (κ1) is 25.8. The predicted octanol–water partition coefficient (Wildman–Crippen LogP) is 4.93. The van der Waals surface area contributed by atoms with Gasteiger partial charge < -0.3 is 19.5 Å². The molecule has 1 saturated carbocycles. The first-order valence-corrected chi connectivity index (χ1v) is 14.1. The molecular weight excluding hydrogens is 450 g/mol. The summed E-state index contributed by atoms with van der Waals surface area (Å²) in [5.41, 5.74) is 4.78. The highest BCUT2D eigenvalue weighted by Crippen LogP contribution is 2.54. The van der Waals surface area contributed by atoms with E-state index in [9.17, 15) is 4.79 Å². The zero-order valence-electron chi connectivity index (χ0n) is 23.0. The molecule has 3 fully saturated rings. The molecule has 5 heteroatoms. The topological polar surface area (TPSA) is 61.4 Å². The van der Waals surface area contributed by atoms with E-state index in [1.54, 1.807) is 18.3 Å². The second-order valence-electron chi connectivity index (χ2n) is 12.9. The van der Waals surface area contributed by atoms with Crippen LogP contribution in [0.2, 0.25) is 0 Å². The molecule has 0 amide bonds. The van der Waals surface area contributed by atoms with Crippen LogP contribution in [-0.2, 0) is 19.7 Å². The maximum absolute atomic E-state index is 13.0. The Kier molecular flexibility index (Phi) is 7.01. The SMILES string of the molecule is COc1ccc([C@]2(CC[NH2+]C[C@H]3C(=O)O[C@@H]4C[C@@]5(C)CCCC(C)=C5C[C@@H]43)CCOC(C)(C)C2)cc1. The van der Waals surface area contributed by atoms with Crippen LogP contribution in [0.15, 0.2) is 35.4 Å². The Bertz CT molecular complexity index is 998. The Balaban J connectivity index is 1.25. The van der Waals surface area contributed by atoms with E-state index in [-0.39, 0.29) is 34.4 Å². The third-order valence-electron chi connectivity index (χ3n) is 9.97. The quantitative estimate of drug-likeness (QED) is 0.330. The summed E-state index contributed by atoms with van der Waals surface area (Å²) >= 11 is 0. The number of esters is 1. The van der Waals surface area contributed by atoms with Crippen molar-refractivity contribution in [3.05, 3.63) is 41.0 Å². The number of methoxy groups -OCH3 is 1. The molecule has 2 aliphatic heterocycles. The Hall–Kier alpha value is -1.85. The van der Waals surface area contributed by atoms with Gasteiger partial charge in [0.15, 0.2) is 0 Å². The highest BCUT2D eigenvalue weighted by Gasteiger charge is 2.53. The molecule has 5 atom stereocenters. The Labute approximate surface area is 217 Å². The van der Waals surface area contributed by atoms with Gasteiger partial charge in [-0.05, 0) is 88.8 Å². The fourth-order valence-electron chi connectivity index (χ4n) is 8.08. The summed E-state index contributed by atoms with van der Waals surface area (Å²) in [5.74, 6) is 1.30. The van der Waals surface area contributed by atoms with E-state index in [4.69, 9.17) is 14.2 Å². The molecule has 5 rings (SSSR count). The molecule has 0 unspecified atom stereocenters. The van der Waals surface area contributed by atoms with E-state index in [0.29, 0.717) is 5.92 Å². The van der Waals surface area contributed by atoms with Gasteiger partial charge in [-0.1, -0.05) is 30.2 Å². The van der Waals surface area contributed by atoms with Crippen LogP contribution < -0.4 is 10.1 Å². The van der Waals surface area contributed by atoms with Crippen LogP contribution in [0.5, 0.6) is 5.75 Å². The van der Waals surface area contributed by atoms with Crippen LogP contribution in [0.1, 0.15) is 84.6 Å². The van der Waals surface area contributed by atoms with E-state index >= 15 is 0 Å². The number of benzene rings is 1. The molecule has 4 aliphatic rings. The summed E-state index contributed by atoms with van der Waals surface area (Å²) in [6, 6.07) is 8.63. The van der Waals surface area contributed by atoms with Crippen LogP contribution in [0.25, 0.3) is 0 Å². The molecule has 2 aliphatic carbocycles. The van der Waals surface area contributed by atoms with Gasteiger partial charge in [0, 0.05) is 24.4 Å². The van der Waals surface area contributed by atoms with Gasteiger partial charge in [-0.25, -0.2) is 0 Å². The Morgan fingerprint density at radius 2 is 1.92 bits per heavy atom. The number of carbonyl (C=O) groups excluding carboxylic acids is 1. The van der Waals surface area contributed by atoms with Gasteiger partial charge in [-0.2, -0.15) is 0 Å². The van der Waals surface area contributed by atoms with E-state index < -0.39 is 0 Å². The standard InChI is InChI=1S/C31H45NO4/c1-21-7-6-12-30(4)18-27-24(17-26(21)30)25(28(33)36-27)19-32-15-13-31(14-16-35-29(2,3)20-31)22-8-10-23(34-5)11-9-22/h8-11,24-25,27,32H,6-7,12-20H2,1-5H3/p+1/t24-,25-,27-,30-,31-/m1/s1. The van der Waals surface area contributed by atoms with Crippen molar-refractivity contribution >= 4 is 5.97 Å². The molecule has 36 heavy (non-hydrogen) atoms. The number of carbonyl (C=O) groups is 1. The third-order valence-corrected chi connectivity index (χ3v) is 9.97. The van der Waals surface area contributed by atoms with Gasteiger partial charge in [-0.3, -0.25) is 4.79 Å². The molecule has 0 bridgehead atoms. The van der Waals surface area contributed by atoms with Crippen molar-refractivity contribution in [2.24, 2.45) is 17.3 Å². The van der Waals surface area contributed by atoms with Crippen LogP contribution in [0, 0.1) is 17.3 Å². The van der Waals surface area contributed by atoms with Crippen molar-refractivity contribution < 1.29 is 24.3 Å². The minimum Gasteiger partial charge on any atom is -0.497 e. The second kappa shape index (κ2) is 9.79. The number of allylic oxidation sites excluding steroid dienone is 2. The second-order valence-corrected chi connectivity index (χ2v) is 12.9. The molecular formula is C31H46NO4+. The molecule has 0 radical (unpaired) electrons. The van der Waals surface area contributed by atoms with Crippen molar-refractivity contribution in [3.63, 3.8) is 0 Å². The first-order chi connectivity index (χ1) is 17.1. The van der Waals surface area contributed by atoms with Crippen molar-refractivity contribution in [1.29, 1.82) is 0 Å². The fraction of sp³-hybridized carbons (Fsp3) is 0.710. The number of hydrogen-bond acceptors (Lipinski definition) is 4. The monoisotopic (exact) mass is 496 g/mol. The summed E-state index contributed by atoms with van der Waals surface area (Å²) in [6.45, 7) is 11.8. The average Bonchev–Trinajstić information content (AvgIpc) is 3.13. The summed E-state index contributed by atoms with van der Waals surface area (Å²) in [7, 11) is 1.72. The van der Waals surface area contributed by atoms with E-state index in [1.807, 2.05) is 0 Å². The van der Waals surface area contributed by atoms with Gasteiger partial charge in [-0.15, -0.1) is 0 Å². The highest BCUT2D eigenvalue weighted by molar-refractivity contribution is 5.75. The van der Waals surface area contributed by atoms with Gasteiger partial charge in [0.1, 0.15) is 17.8 Å².